The van der Waals surface area contributed by atoms with Gasteiger partial charge in [-0.25, -0.2) is 0 Å². The van der Waals surface area contributed by atoms with Gasteiger partial charge in [0.2, 0.25) is 0 Å². The van der Waals surface area contributed by atoms with E-state index in [4.69, 9.17) is 11.6 Å². The Bertz CT molecular complexity index is 1070. The molecule has 0 atom stereocenters. The van der Waals surface area contributed by atoms with Crippen molar-refractivity contribution in [2.45, 2.75) is 0 Å². The molecule has 4 aromatic rings. The zero-order chi connectivity index (χ0) is 18.1. The van der Waals surface area contributed by atoms with Crippen LogP contribution >= 0.6 is 11.6 Å². The topological polar surface area (TPSA) is 3.24 Å². The summed E-state index contributed by atoms with van der Waals surface area (Å²) in [4.78, 5) is 2.05. The molecule has 0 bridgehead atoms. The molecule has 26 heavy (non-hydrogen) atoms. The number of halogens is 1. The van der Waals surface area contributed by atoms with Gasteiger partial charge in [-0.15, -0.1) is 0 Å². The van der Waals surface area contributed by atoms with E-state index < -0.39 is 0 Å². The molecular weight excluding hydrogens is 338 g/mol. The van der Waals surface area contributed by atoms with Crippen molar-refractivity contribution in [2.75, 3.05) is 19.0 Å². The predicted molar refractivity (Wildman–Crippen MR) is 116 cm³/mol. The van der Waals surface area contributed by atoms with Gasteiger partial charge in [-0.3, -0.25) is 0 Å². The SMILES string of the molecule is CN(C)c1ccc(C=Cc2c3ccccc3cc3ccccc23)c(Cl)c1. The van der Waals surface area contributed by atoms with Gasteiger partial charge in [0, 0.05) is 24.8 Å². The summed E-state index contributed by atoms with van der Waals surface area (Å²) < 4.78 is 0. The van der Waals surface area contributed by atoms with E-state index in [0.717, 1.165) is 16.3 Å². The van der Waals surface area contributed by atoms with E-state index in [1.807, 2.05) is 20.2 Å². The van der Waals surface area contributed by atoms with Crippen LogP contribution in [0, 0.1) is 0 Å². The quantitative estimate of drug-likeness (QED) is 0.285. The van der Waals surface area contributed by atoms with Crippen LogP contribution in [0.2, 0.25) is 5.02 Å². The third-order valence-corrected chi connectivity index (χ3v) is 5.07. The van der Waals surface area contributed by atoms with Crippen molar-refractivity contribution >= 4 is 51.0 Å². The predicted octanol–water partition coefficient (Wildman–Crippen LogP) is 6.88. The van der Waals surface area contributed by atoms with E-state index in [-0.39, 0.29) is 0 Å². The van der Waals surface area contributed by atoms with E-state index in [1.165, 1.54) is 27.1 Å². The first kappa shape index (κ1) is 16.7. The lowest BCUT2D eigenvalue weighted by Gasteiger charge is -2.13. The second-order valence-corrected chi connectivity index (χ2v) is 7.07. The van der Waals surface area contributed by atoms with Gasteiger partial charge in [0.25, 0.3) is 0 Å². The summed E-state index contributed by atoms with van der Waals surface area (Å²) in [5.41, 5.74) is 3.35. The van der Waals surface area contributed by atoms with Gasteiger partial charge < -0.3 is 4.90 Å². The molecule has 2 heteroatoms. The van der Waals surface area contributed by atoms with Crippen LogP contribution in [-0.4, -0.2) is 14.1 Å². The maximum atomic E-state index is 6.50. The molecule has 4 rings (SSSR count). The van der Waals surface area contributed by atoms with E-state index in [0.29, 0.717) is 0 Å². The summed E-state index contributed by atoms with van der Waals surface area (Å²) >= 11 is 6.50. The third kappa shape index (κ3) is 3.07. The van der Waals surface area contributed by atoms with Crippen LogP contribution in [0.4, 0.5) is 5.69 Å². The van der Waals surface area contributed by atoms with E-state index in [9.17, 15) is 0 Å². The third-order valence-electron chi connectivity index (χ3n) is 4.74. The molecule has 1 nitrogen and oxygen atoms in total. The molecule has 0 unspecified atom stereocenters. The smallest absolute Gasteiger partial charge is 0.0498 e. The molecule has 128 valence electrons. The summed E-state index contributed by atoms with van der Waals surface area (Å²) in [5, 5.41) is 5.77. The minimum atomic E-state index is 0.761. The Hall–Kier alpha value is -2.77. The average molecular weight is 358 g/mol. The van der Waals surface area contributed by atoms with Gasteiger partial charge in [0.05, 0.1) is 0 Å². The Kier molecular flexibility index (Phi) is 4.40. The normalized spacial score (nSPS) is 11.5. The van der Waals surface area contributed by atoms with Crippen molar-refractivity contribution in [2.24, 2.45) is 0 Å². The van der Waals surface area contributed by atoms with Crippen molar-refractivity contribution in [1.82, 2.24) is 0 Å². The molecule has 0 radical (unpaired) electrons. The van der Waals surface area contributed by atoms with Gasteiger partial charge >= 0.3 is 0 Å². The minimum absolute atomic E-state index is 0.761. The maximum absolute atomic E-state index is 6.50. The Morgan fingerprint density at radius 2 is 1.35 bits per heavy atom. The van der Waals surface area contributed by atoms with E-state index in [1.54, 1.807) is 0 Å². The Morgan fingerprint density at radius 1 is 0.731 bits per heavy atom. The van der Waals surface area contributed by atoms with Gasteiger partial charge in [0.1, 0.15) is 0 Å². The summed E-state index contributed by atoms with van der Waals surface area (Å²) in [6.45, 7) is 0. The van der Waals surface area contributed by atoms with Crippen LogP contribution in [0.5, 0.6) is 0 Å². The molecule has 0 heterocycles. The monoisotopic (exact) mass is 357 g/mol. The summed E-state index contributed by atoms with van der Waals surface area (Å²) in [6, 6.07) is 25.5. The lowest BCUT2D eigenvalue weighted by Crippen LogP contribution is -2.08. The van der Waals surface area contributed by atoms with Crippen LogP contribution in [0.15, 0.2) is 72.8 Å². The summed E-state index contributed by atoms with van der Waals surface area (Å²) in [5.74, 6) is 0. The minimum Gasteiger partial charge on any atom is -0.378 e. The zero-order valence-corrected chi connectivity index (χ0v) is 15.7. The van der Waals surface area contributed by atoms with Crippen LogP contribution in [0.3, 0.4) is 0 Å². The molecule has 0 aliphatic heterocycles. The first-order valence-electron chi connectivity index (χ1n) is 8.69. The van der Waals surface area contributed by atoms with Gasteiger partial charge in [-0.1, -0.05) is 78.4 Å². The zero-order valence-electron chi connectivity index (χ0n) is 14.9. The van der Waals surface area contributed by atoms with E-state index >= 15 is 0 Å². The molecule has 0 aromatic heterocycles. The molecular formula is C24H20ClN. The van der Waals surface area contributed by atoms with Crippen molar-refractivity contribution in [1.29, 1.82) is 0 Å². The molecule has 0 N–H and O–H groups in total. The first-order valence-corrected chi connectivity index (χ1v) is 9.07. The molecule has 4 aromatic carbocycles. The molecule has 0 aliphatic carbocycles. The molecule has 0 spiro atoms. The number of rotatable bonds is 3. The van der Waals surface area contributed by atoms with Crippen LogP contribution in [-0.2, 0) is 0 Å². The number of benzene rings is 4. The largest absolute Gasteiger partial charge is 0.378 e. The molecule has 0 saturated heterocycles. The number of fused-ring (bicyclic) bond motifs is 2. The van der Waals surface area contributed by atoms with Gasteiger partial charge in [-0.2, -0.15) is 0 Å². The molecule has 0 fully saturated rings. The molecule has 0 saturated carbocycles. The Balaban J connectivity index is 1.87. The summed E-state index contributed by atoms with van der Waals surface area (Å²) in [6.07, 6.45) is 4.29. The highest BCUT2D eigenvalue weighted by Crippen LogP contribution is 2.31. The number of anilines is 1. The van der Waals surface area contributed by atoms with Gasteiger partial charge in [0.15, 0.2) is 0 Å². The highest BCUT2D eigenvalue weighted by molar-refractivity contribution is 6.32. The molecule has 0 amide bonds. The second kappa shape index (κ2) is 6.86. The second-order valence-electron chi connectivity index (χ2n) is 6.67. The van der Waals surface area contributed by atoms with Crippen LogP contribution < -0.4 is 4.90 Å². The highest BCUT2D eigenvalue weighted by Gasteiger charge is 2.06. The number of hydrogen-bond donors (Lipinski definition) is 0. The lowest BCUT2D eigenvalue weighted by atomic mass is 9.96. The van der Waals surface area contributed by atoms with Crippen LogP contribution in [0.25, 0.3) is 33.7 Å². The fourth-order valence-electron chi connectivity index (χ4n) is 3.33. The fourth-order valence-corrected chi connectivity index (χ4v) is 3.57. The first-order chi connectivity index (χ1) is 12.6. The van der Waals surface area contributed by atoms with Crippen LogP contribution in [0.1, 0.15) is 11.1 Å². The van der Waals surface area contributed by atoms with E-state index in [2.05, 4.69) is 83.8 Å². The average Bonchev–Trinajstić information content (AvgIpc) is 2.65. The maximum Gasteiger partial charge on any atom is 0.0498 e. The molecule has 0 aliphatic rings. The Labute approximate surface area is 159 Å². The lowest BCUT2D eigenvalue weighted by molar-refractivity contribution is 1.13. The Morgan fingerprint density at radius 3 is 1.92 bits per heavy atom. The number of hydrogen-bond acceptors (Lipinski definition) is 1. The van der Waals surface area contributed by atoms with Crippen molar-refractivity contribution in [3.05, 3.63) is 88.9 Å². The fraction of sp³-hybridized carbons (Fsp3) is 0.0833. The number of nitrogens with zero attached hydrogens (tertiary/aromatic N) is 1. The van der Waals surface area contributed by atoms with Gasteiger partial charge in [-0.05, 0) is 50.9 Å². The summed E-state index contributed by atoms with van der Waals surface area (Å²) in [7, 11) is 4.03. The van der Waals surface area contributed by atoms with Crippen molar-refractivity contribution in [3.63, 3.8) is 0 Å². The van der Waals surface area contributed by atoms with Crippen molar-refractivity contribution in [3.8, 4) is 0 Å². The van der Waals surface area contributed by atoms with Crippen molar-refractivity contribution < 1.29 is 0 Å². The highest BCUT2D eigenvalue weighted by atomic mass is 35.5. The standard InChI is InChI=1S/C24H20ClN/c1-26(2)20-13-11-17(24(25)16-20)12-14-23-21-9-5-3-7-18(21)15-19-8-4-6-10-22(19)23/h3-16H,1-2H3.